The molecule has 2 rings (SSSR count). The molecule has 0 radical (unpaired) electrons. The van der Waals surface area contributed by atoms with E-state index in [0.29, 0.717) is 34.4 Å². The Morgan fingerprint density at radius 1 is 1.38 bits per heavy atom. The standard InChI is InChI=1S/C17H23Cl2NO4/c1-9(21)11-6-12(18)14(19)13(15(11)23-5)10-7-20(8-10)16(22)24-17(2,3)4/h6,9-10,21H,7-8H2,1-5H3. The van der Waals surface area contributed by atoms with Crippen LogP contribution < -0.4 is 4.74 Å². The SMILES string of the molecule is COc1c(C(C)O)cc(Cl)c(Cl)c1C1CN(C(=O)OC(C)(C)C)C1. The second kappa shape index (κ2) is 6.98. The van der Waals surface area contributed by atoms with Gasteiger partial charge in [-0.25, -0.2) is 4.79 Å². The normalized spacial score (nSPS) is 16.6. The number of aliphatic hydroxyl groups excluding tert-OH is 1. The molecule has 0 aromatic heterocycles. The number of rotatable bonds is 3. The first-order chi connectivity index (χ1) is 11.0. The highest BCUT2D eigenvalue weighted by Gasteiger charge is 2.38. The second-order valence-electron chi connectivity index (χ2n) is 6.97. The molecular weight excluding hydrogens is 353 g/mol. The summed E-state index contributed by atoms with van der Waals surface area (Å²) >= 11 is 12.6. The Morgan fingerprint density at radius 2 is 1.96 bits per heavy atom. The molecule has 1 saturated heterocycles. The number of hydrogen-bond acceptors (Lipinski definition) is 4. The Kier molecular flexibility index (Phi) is 5.57. The van der Waals surface area contributed by atoms with Crippen LogP contribution in [0, 0.1) is 0 Å². The van der Waals surface area contributed by atoms with E-state index in [9.17, 15) is 9.90 Å². The van der Waals surface area contributed by atoms with E-state index in [1.165, 1.54) is 7.11 Å². The molecule has 1 fully saturated rings. The van der Waals surface area contributed by atoms with E-state index < -0.39 is 11.7 Å². The summed E-state index contributed by atoms with van der Waals surface area (Å²) in [5, 5.41) is 10.7. The molecule has 1 amide bonds. The van der Waals surface area contributed by atoms with Crippen molar-refractivity contribution in [3.63, 3.8) is 0 Å². The number of hydrogen-bond donors (Lipinski definition) is 1. The van der Waals surface area contributed by atoms with Gasteiger partial charge in [0.15, 0.2) is 0 Å². The number of nitrogens with zero attached hydrogens (tertiary/aromatic N) is 1. The van der Waals surface area contributed by atoms with Crippen molar-refractivity contribution in [2.24, 2.45) is 0 Å². The topological polar surface area (TPSA) is 59.0 Å². The summed E-state index contributed by atoms with van der Waals surface area (Å²) in [4.78, 5) is 13.7. The number of ether oxygens (including phenoxy) is 2. The lowest BCUT2D eigenvalue weighted by Gasteiger charge is -2.41. The zero-order chi connectivity index (χ0) is 18.2. The lowest BCUT2D eigenvalue weighted by atomic mass is 9.88. The quantitative estimate of drug-likeness (QED) is 0.850. The van der Waals surface area contributed by atoms with Gasteiger partial charge in [0.2, 0.25) is 0 Å². The third-order valence-corrected chi connectivity index (χ3v) is 4.63. The number of likely N-dealkylation sites (tertiary alicyclic amines) is 1. The fraction of sp³-hybridized carbons (Fsp3) is 0.588. The van der Waals surface area contributed by atoms with Gasteiger partial charge in [-0.05, 0) is 33.8 Å². The predicted molar refractivity (Wildman–Crippen MR) is 94.2 cm³/mol. The van der Waals surface area contributed by atoms with Crippen molar-refractivity contribution in [2.45, 2.75) is 45.3 Å². The molecule has 1 unspecified atom stereocenters. The molecule has 5 nitrogen and oxygen atoms in total. The van der Waals surface area contributed by atoms with E-state index in [4.69, 9.17) is 32.7 Å². The molecule has 1 aromatic carbocycles. The molecular formula is C17H23Cl2NO4. The second-order valence-corrected chi connectivity index (χ2v) is 7.75. The summed E-state index contributed by atoms with van der Waals surface area (Å²) in [7, 11) is 1.53. The monoisotopic (exact) mass is 375 g/mol. The zero-order valence-corrected chi connectivity index (χ0v) is 16.0. The maximum atomic E-state index is 12.1. The molecule has 1 aliphatic rings. The minimum absolute atomic E-state index is 0.0174. The highest BCUT2D eigenvalue weighted by molar-refractivity contribution is 6.42. The Balaban J connectivity index is 2.24. The van der Waals surface area contributed by atoms with Crippen LogP contribution in [-0.2, 0) is 4.74 Å². The highest BCUT2D eigenvalue weighted by atomic mass is 35.5. The average molecular weight is 376 g/mol. The number of carbonyl (C=O) groups is 1. The van der Waals surface area contributed by atoms with Crippen LogP contribution in [0.3, 0.4) is 0 Å². The van der Waals surface area contributed by atoms with Gasteiger partial charge in [0, 0.05) is 30.1 Å². The van der Waals surface area contributed by atoms with Gasteiger partial charge in [-0.1, -0.05) is 23.2 Å². The fourth-order valence-electron chi connectivity index (χ4n) is 2.69. The maximum Gasteiger partial charge on any atom is 0.410 e. The summed E-state index contributed by atoms with van der Waals surface area (Å²) in [5.74, 6) is 0.504. The molecule has 134 valence electrons. The van der Waals surface area contributed by atoms with Crippen molar-refractivity contribution >= 4 is 29.3 Å². The molecule has 1 heterocycles. The number of benzene rings is 1. The molecule has 1 aliphatic heterocycles. The lowest BCUT2D eigenvalue weighted by Crippen LogP contribution is -2.50. The van der Waals surface area contributed by atoms with Crippen LogP contribution in [0.15, 0.2) is 6.07 Å². The number of carbonyl (C=O) groups excluding carboxylic acids is 1. The minimum Gasteiger partial charge on any atom is -0.496 e. The Morgan fingerprint density at radius 3 is 2.42 bits per heavy atom. The van der Waals surface area contributed by atoms with Crippen LogP contribution in [0.5, 0.6) is 5.75 Å². The van der Waals surface area contributed by atoms with Crippen LogP contribution in [0.2, 0.25) is 10.0 Å². The third-order valence-electron chi connectivity index (χ3n) is 3.83. The molecule has 0 bridgehead atoms. The van der Waals surface area contributed by atoms with Crippen LogP contribution in [0.1, 0.15) is 50.8 Å². The van der Waals surface area contributed by atoms with E-state index in [1.54, 1.807) is 17.9 Å². The first kappa shape index (κ1) is 19.2. The van der Waals surface area contributed by atoms with E-state index in [2.05, 4.69) is 0 Å². The zero-order valence-electron chi connectivity index (χ0n) is 14.5. The van der Waals surface area contributed by atoms with Crippen molar-refractivity contribution in [3.05, 3.63) is 27.2 Å². The van der Waals surface area contributed by atoms with Crippen molar-refractivity contribution in [2.75, 3.05) is 20.2 Å². The Hall–Kier alpha value is -1.17. The van der Waals surface area contributed by atoms with Gasteiger partial charge in [0.05, 0.1) is 23.3 Å². The molecule has 0 spiro atoms. The van der Waals surface area contributed by atoms with Gasteiger partial charge in [0.1, 0.15) is 11.4 Å². The van der Waals surface area contributed by atoms with Crippen LogP contribution in [0.4, 0.5) is 4.79 Å². The summed E-state index contributed by atoms with van der Waals surface area (Å²) in [6.45, 7) is 8.05. The molecule has 24 heavy (non-hydrogen) atoms. The number of amides is 1. The molecule has 1 atom stereocenters. The summed E-state index contributed by atoms with van der Waals surface area (Å²) in [6, 6.07) is 1.61. The van der Waals surface area contributed by atoms with Gasteiger partial charge >= 0.3 is 6.09 Å². The van der Waals surface area contributed by atoms with Crippen molar-refractivity contribution in [3.8, 4) is 5.75 Å². The van der Waals surface area contributed by atoms with Crippen LogP contribution in [-0.4, -0.2) is 41.9 Å². The van der Waals surface area contributed by atoms with E-state index in [1.807, 2.05) is 20.8 Å². The van der Waals surface area contributed by atoms with Gasteiger partial charge in [0.25, 0.3) is 0 Å². The lowest BCUT2D eigenvalue weighted by molar-refractivity contribution is 0.00797. The van der Waals surface area contributed by atoms with Crippen LogP contribution in [0.25, 0.3) is 0 Å². The average Bonchev–Trinajstić information content (AvgIpc) is 2.39. The number of aliphatic hydroxyl groups is 1. The van der Waals surface area contributed by atoms with Gasteiger partial charge in [-0.15, -0.1) is 0 Å². The molecule has 1 N–H and O–H groups in total. The van der Waals surface area contributed by atoms with E-state index >= 15 is 0 Å². The summed E-state index contributed by atoms with van der Waals surface area (Å²) in [5.41, 5.74) is 0.771. The largest absolute Gasteiger partial charge is 0.496 e. The molecule has 0 aliphatic carbocycles. The first-order valence-corrected chi connectivity index (χ1v) is 8.52. The minimum atomic E-state index is -0.740. The molecule has 7 heteroatoms. The Labute approximate surface area is 152 Å². The van der Waals surface area contributed by atoms with E-state index in [-0.39, 0.29) is 12.0 Å². The fourth-order valence-corrected chi connectivity index (χ4v) is 3.20. The maximum absolute atomic E-state index is 12.1. The summed E-state index contributed by atoms with van der Waals surface area (Å²) in [6.07, 6.45) is -1.10. The van der Waals surface area contributed by atoms with Crippen molar-refractivity contribution in [1.29, 1.82) is 0 Å². The smallest absolute Gasteiger partial charge is 0.410 e. The third kappa shape index (κ3) is 3.90. The number of methoxy groups -OCH3 is 1. The van der Waals surface area contributed by atoms with Gasteiger partial charge in [-0.3, -0.25) is 0 Å². The van der Waals surface area contributed by atoms with Crippen LogP contribution >= 0.6 is 23.2 Å². The summed E-state index contributed by atoms with van der Waals surface area (Å²) < 4.78 is 10.8. The number of halogens is 2. The van der Waals surface area contributed by atoms with Gasteiger partial charge < -0.3 is 19.5 Å². The molecule has 1 aromatic rings. The predicted octanol–water partition coefficient (Wildman–Crippen LogP) is 4.39. The van der Waals surface area contributed by atoms with Gasteiger partial charge in [-0.2, -0.15) is 0 Å². The van der Waals surface area contributed by atoms with Crippen molar-refractivity contribution < 1.29 is 19.4 Å². The molecule has 0 saturated carbocycles. The first-order valence-electron chi connectivity index (χ1n) is 7.77. The van der Waals surface area contributed by atoms with Crippen molar-refractivity contribution in [1.82, 2.24) is 4.90 Å². The van der Waals surface area contributed by atoms with E-state index in [0.717, 1.165) is 5.56 Å². The Bertz CT molecular complexity index is 634. The highest BCUT2D eigenvalue weighted by Crippen LogP contribution is 2.45.